The van der Waals surface area contributed by atoms with Gasteiger partial charge >= 0.3 is 12.1 Å². The number of nitro groups is 1. The lowest BCUT2D eigenvalue weighted by atomic mass is 10.1. The van der Waals surface area contributed by atoms with Gasteiger partial charge < -0.3 is 9.64 Å². The Morgan fingerprint density at radius 1 is 0.938 bits per heavy atom. The standard InChI is InChI=1S/C23H27F3N2O4/c24-23(25,26)22(29)27(18-19-10-4-3-5-11-19)15-8-1-2-9-16-32-17-14-20-12-6-7-13-21(20)28(30)31/h3-7,10-13H,1-2,8-9,14-18H2. The maximum Gasteiger partial charge on any atom is 0.471 e. The molecule has 0 N–H and O–H groups in total. The fourth-order valence-corrected chi connectivity index (χ4v) is 3.28. The summed E-state index contributed by atoms with van der Waals surface area (Å²) < 4.78 is 44.2. The van der Waals surface area contributed by atoms with Crippen LogP contribution in [-0.2, 0) is 22.5 Å². The molecule has 174 valence electrons. The minimum absolute atomic E-state index is 0.0335. The minimum Gasteiger partial charge on any atom is -0.381 e. The Morgan fingerprint density at radius 2 is 1.59 bits per heavy atom. The monoisotopic (exact) mass is 452 g/mol. The Morgan fingerprint density at radius 3 is 2.28 bits per heavy atom. The van der Waals surface area contributed by atoms with Crippen LogP contribution in [0.4, 0.5) is 18.9 Å². The van der Waals surface area contributed by atoms with Gasteiger partial charge in [0.1, 0.15) is 0 Å². The molecule has 0 unspecified atom stereocenters. The van der Waals surface area contributed by atoms with Gasteiger partial charge in [-0.25, -0.2) is 0 Å². The summed E-state index contributed by atoms with van der Waals surface area (Å²) in [5.74, 6) is -1.82. The van der Waals surface area contributed by atoms with Gasteiger partial charge in [-0.3, -0.25) is 14.9 Å². The Kier molecular flexibility index (Phi) is 10.1. The van der Waals surface area contributed by atoms with E-state index in [0.29, 0.717) is 43.6 Å². The van der Waals surface area contributed by atoms with E-state index in [1.807, 2.05) is 0 Å². The number of alkyl halides is 3. The molecular formula is C23H27F3N2O4. The summed E-state index contributed by atoms with van der Waals surface area (Å²) in [4.78, 5) is 23.1. The number of halogens is 3. The first-order valence-electron chi connectivity index (χ1n) is 10.5. The molecule has 0 aromatic heterocycles. The second kappa shape index (κ2) is 12.8. The lowest BCUT2D eigenvalue weighted by molar-refractivity contribution is -0.385. The van der Waals surface area contributed by atoms with Crippen molar-refractivity contribution in [2.24, 2.45) is 0 Å². The van der Waals surface area contributed by atoms with Gasteiger partial charge in [0.25, 0.3) is 5.69 Å². The molecule has 32 heavy (non-hydrogen) atoms. The molecule has 0 aliphatic rings. The van der Waals surface area contributed by atoms with Crippen LogP contribution in [0.25, 0.3) is 0 Å². The highest BCUT2D eigenvalue weighted by Crippen LogP contribution is 2.21. The molecule has 1 amide bonds. The number of rotatable bonds is 13. The zero-order valence-electron chi connectivity index (χ0n) is 17.7. The van der Waals surface area contributed by atoms with E-state index >= 15 is 0 Å². The number of nitro benzene ring substituents is 1. The third-order valence-corrected chi connectivity index (χ3v) is 4.92. The van der Waals surface area contributed by atoms with E-state index in [-0.39, 0.29) is 18.8 Å². The second-order valence-electron chi connectivity index (χ2n) is 7.37. The number of ether oxygens (including phenoxy) is 1. The quantitative estimate of drug-likeness (QED) is 0.235. The zero-order valence-corrected chi connectivity index (χ0v) is 17.7. The highest BCUT2D eigenvalue weighted by molar-refractivity contribution is 5.81. The third kappa shape index (κ3) is 8.66. The van der Waals surface area contributed by atoms with Crippen LogP contribution in [0.3, 0.4) is 0 Å². The van der Waals surface area contributed by atoms with Crippen molar-refractivity contribution in [2.45, 2.75) is 44.8 Å². The van der Waals surface area contributed by atoms with Gasteiger partial charge in [0, 0.05) is 37.7 Å². The first kappa shape index (κ1) is 25.3. The Balaban J connectivity index is 1.65. The van der Waals surface area contributed by atoms with Gasteiger partial charge in [-0.1, -0.05) is 61.4 Å². The summed E-state index contributed by atoms with van der Waals surface area (Å²) in [6, 6.07) is 15.1. The average Bonchev–Trinajstić information content (AvgIpc) is 2.77. The smallest absolute Gasteiger partial charge is 0.381 e. The number of hydrogen-bond acceptors (Lipinski definition) is 4. The highest BCUT2D eigenvalue weighted by Gasteiger charge is 2.42. The molecule has 0 bridgehead atoms. The molecule has 0 radical (unpaired) electrons. The summed E-state index contributed by atoms with van der Waals surface area (Å²) in [5, 5.41) is 11.0. The third-order valence-electron chi connectivity index (χ3n) is 4.92. The van der Waals surface area contributed by atoms with E-state index in [1.54, 1.807) is 48.5 Å². The van der Waals surface area contributed by atoms with Gasteiger partial charge in [0.2, 0.25) is 0 Å². The van der Waals surface area contributed by atoms with Crippen LogP contribution in [-0.4, -0.2) is 41.7 Å². The summed E-state index contributed by atoms with van der Waals surface area (Å²) >= 11 is 0. The molecule has 9 heteroatoms. The van der Waals surface area contributed by atoms with Gasteiger partial charge in [0.15, 0.2) is 0 Å². The van der Waals surface area contributed by atoms with E-state index in [2.05, 4.69) is 0 Å². The summed E-state index contributed by atoms with van der Waals surface area (Å²) in [6.07, 6.45) is -1.84. The normalized spacial score (nSPS) is 11.3. The van der Waals surface area contributed by atoms with Crippen molar-refractivity contribution in [3.05, 3.63) is 75.8 Å². The Hall–Kier alpha value is -2.94. The zero-order chi connectivity index (χ0) is 23.4. The van der Waals surface area contributed by atoms with E-state index in [4.69, 9.17) is 4.74 Å². The lowest BCUT2D eigenvalue weighted by Crippen LogP contribution is -2.41. The number of carbonyl (C=O) groups is 1. The average molecular weight is 452 g/mol. The molecule has 0 fully saturated rings. The number of nitrogens with zero attached hydrogens (tertiary/aromatic N) is 2. The molecule has 0 spiro atoms. The number of benzene rings is 2. The molecular weight excluding hydrogens is 425 g/mol. The number of unbranched alkanes of at least 4 members (excludes halogenated alkanes) is 3. The number of carbonyl (C=O) groups excluding carboxylic acids is 1. The molecule has 2 aromatic carbocycles. The molecule has 2 rings (SSSR count). The number of hydrogen-bond donors (Lipinski definition) is 0. The Labute approximate surface area is 185 Å². The molecule has 0 saturated carbocycles. The SMILES string of the molecule is O=C(N(CCCCCCOCCc1ccccc1[N+](=O)[O-])Cc1ccccc1)C(F)(F)F. The van der Waals surface area contributed by atoms with Gasteiger partial charge in [-0.05, 0) is 18.4 Å². The van der Waals surface area contributed by atoms with Gasteiger partial charge in [-0.2, -0.15) is 13.2 Å². The fraction of sp³-hybridized carbons (Fsp3) is 0.435. The first-order chi connectivity index (χ1) is 15.3. The summed E-state index contributed by atoms with van der Waals surface area (Å²) in [6.45, 7) is 0.783. The van der Waals surface area contributed by atoms with Crippen LogP contribution in [0.5, 0.6) is 0 Å². The molecule has 0 aliphatic heterocycles. The largest absolute Gasteiger partial charge is 0.471 e. The van der Waals surface area contributed by atoms with Gasteiger partial charge in [0.05, 0.1) is 11.5 Å². The predicted molar refractivity (Wildman–Crippen MR) is 114 cm³/mol. The van der Waals surface area contributed by atoms with Crippen LogP contribution in [0.1, 0.15) is 36.8 Å². The summed E-state index contributed by atoms with van der Waals surface area (Å²) in [7, 11) is 0. The van der Waals surface area contributed by atoms with E-state index in [9.17, 15) is 28.1 Å². The lowest BCUT2D eigenvalue weighted by Gasteiger charge is -2.24. The van der Waals surface area contributed by atoms with E-state index in [1.165, 1.54) is 6.07 Å². The van der Waals surface area contributed by atoms with Crippen LogP contribution < -0.4 is 0 Å². The number of para-hydroxylation sites is 1. The Bertz CT molecular complexity index is 860. The van der Waals surface area contributed by atoms with Crippen molar-refractivity contribution >= 4 is 11.6 Å². The topological polar surface area (TPSA) is 72.7 Å². The molecule has 0 saturated heterocycles. The minimum atomic E-state index is -4.89. The van der Waals surface area contributed by atoms with Crippen LogP contribution >= 0.6 is 0 Å². The maximum absolute atomic E-state index is 12.9. The molecule has 6 nitrogen and oxygen atoms in total. The summed E-state index contributed by atoms with van der Waals surface area (Å²) in [5.41, 5.74) is 1.34. The van der Waals surface area contributed by atoms with E-state index < -0.39 is 17.0 Å². The van der Waals surface area contributed by atoms with Crippen LogP contribution in [0.2, 0.25) is 0 Å². The molecule has 0 aliphatic carbocycles. The maximum atomic E-state index is 12.9. The van der Waals surface area contributed by atoms with Crippen molar-refractivity contribution < 1.29 is 27.6 Å². The van der Waals surface area contributed by atoms with Crippen molar-refractivity contribution in [1.82, 2.24) is 4.90 Å². The van der Waals surface area contributed by atoms with Crippen LogP contribution in [0, 0.1) is 10.1 Å². The van der Waals surface area contributed by atoms with Crippen molar-refractivity contribution in [3.8, 4) is 0 Å². The van der Waals surface area contributed by atoms with Crippen molar-refractivity contribution in [1.29, 1.82) is 0 Å². The molecule has 0 heterocycles. The second-order valence-corrected chi connectivity index (χ2v) is 7.37. The first-order valence-corrected chi connectivity index (χ1v) is 10.5. The van der Waals surface area contributed by atoms with Crippen molar-refractivity contribution in [2.75, 3.05) is 19.8 Å². The van der Waals surface area contributed by atoms with E-state index in [0.717, 1.165) is 17.7 Å². The highest BCUT2D eigenvalue weighted by atomic mass is 19.4. The fourth-order valence-electron chi connectivity index (χ4n) is 3.28. The van der Waals surface area contributed by atoms with Crippen molar-refractivity contribution in [3.63, 3.8) is 0 Å². The predicted octanol–water partition coefficient (Wildman–Crippen LogP) is 5.31. The molecule has 2 aromatic rings. The molecule has 0 atom stereocenters. The van der Waals surface area contributed by atoms with Gasteiger partial charge in [-0.15, -0.1) is 0 Å². The van der Waals surface area contributed by atoms with Crippen LogP contribution in [0.15, 0.2) is 54.6 Å². The number of amides is 1.